The molecule has 5 nitrogen and oxygen atoms in total. The van der Waals surface area contributed by atoms with Crippen molar-refractivity contribution in [2.24, 2.45) is 0 Å². The summed E-state index contributed by atoms with van der Waals surface area (Å²) >= 11 is 0. The van der Waals surface area contributed by atoms with Crippen molar-refractivity contribution in [1.29, 1.82) is 0 Å². The first-order valence-corrected chi connectivity index (χ1v) is 6.11. The van der Waals surface area contributed by atoms with E-state index >= 15 is 0 Å². The minimum Gasteiger partial charge on any atom is -0.465 e. The number of esters is 1. The number of hydrogen-bond donors (Lipinski definition) is 0. The van der Waals surface area contributed by atoms with Crippen molar-refractivity contribution in [3.8, 4) is 0 Å². The third-order valence-corrected chi connectivity index (χ3v) is 2.93. The van der Waals surface area contributed by atoms with E-state index in [4.69, 9.17) is 4.74 Å². The van der Waals surface area contributed by atoms with Crippen LogP contribution in [-0.4, -0.2) is 30.8 Å². The van der Waals surface area contributed by atoms with Crippen molar-refractivity contribution < 1.29 is 19.1 Å². The second kappa shape index (κ2) is 5.65. The molecule has 1 aliphatic rings. The Hall–Kier alpha value is -2.17. The summed E-state index contributed by atoms with van der Waals surface area (Å²) in [5.74, 6) is -0.607. The quantitative estimate of drug-likeness (QED) is 0.764. The van der Waals surface area contributed by atoms with Crippen LogP contribution in [0.1, 0.15) is 18.9 Å². The minimum absolute atomic E-state index is 0.0135. The lowest BCUT2D eigenvalue weighted by Gasteiger charge is -2.28. The van der Waals surface area contributed by atoms with Crippen LogP contribution in [0.15, 0.2) is 24.3 Å². The minimum atomic E-state index is -0.414. The number of fused-ring (bicyclic) bond motifs is 1. The molecule has 2 rings (SSSR count). The number of amides is 1. The number of ether oxygens (including phenoxy) is 1. The Morgan fingerprint density at radius 3 is 2.79 bits per heavy atom. The van der Waals surface area contributed by atoms with Crippen molar-refractivity contribution in [3.63, 3.8) is 0 Å². The number of nitrogens with zero attached hydrogens (tertiary/aromatic N) is 1. The molecule has 0 aliphatic carbocycles. The molecule has 19 heavy (non-hydrogen) atoms. The number of benzene rings is 1. The molecule has 0 N–H and O–H groups in total. The Labute approximate surface area is 111 Å². The predicted octanol–water partition coefficient (Wildman–Crippen LogP) is 1.10. The number of carbonyl (C=O) groups excluding carboxylic acids is 3. The van der Waals surface area contributed by atoms with Crippen molar-refractivity contribution in [2.75, 3.05) is 18.1 Å². The largest absolute Gasteiger partial charge is 0.465 e. The SMILES string of the molecule is CC(=O)OCCC(=O)N1CC(=O)Cc2ccccc21. The molecule has 0 bridgehead atoms. The van der Waals surface area contributed by atoms with Crippen molar-refractivity contribution in [1.82, 2.24) is 0 Å². The van der Waals surface area contributed by atoms with Gasteiger partial charge in [-0.2, -0.15) is 0 Å². The van der Waals surface area contributed by atoms with E-state index in [1.54, 1.807) is 0 Å². The molecule has 0 unspecified atom stereocenters. The first-order valence-electron chi connectivity index (χ1n) is 6.11. The van der Waals surface area contributed by atoms with Gasteiger partial charge in [0.15, 0.2) is 5.78 Å². The maximum Gasteiger partial charge on any atom is 0.302 e. The highest BCUT2D eigenvalue weighted by molar-refractivity contribution is 6.03. The van der Waals surface area contributed by atoms with E-state index in [-0.39, 0.29) is 31.3 Å². The highest BCUT2D eigenvalue weighted by atomic mass is 16.5. The fourth-order valence-corrected chi connectivity index (χ4v) is 2.09. The fraction of sp³-hybridized carbons (Fsp3) is 0.357. The van der Waals surface area contributed by atoms with E-state index in [2.05, 4.69) is 0 Å². The van der Waals surface area contributed by atoms with E-state index < -0.39 is 5.97 Å². The maximum absolute atomic E-state index is 12.1. The van der Waals surface area contributed by atoms with Gasteiger partial charge in [0.25, 0.3) is 0 Å². The molecule has 1 aromatic carbocycles. The van der Waals surface area contributed by atoms with Crippen LogP contribution in [0.25, 0.3) is 0 Å². The molecule has 1 aliphatic heterocycles. The van der Waals surface area contributed by atoms with Gasteiger partial charge >= 0.3 is 5.97 Å². The molecule has 1 aromatic rings. The molecule has 0 aromatic heterocycles. The predicted molar refractivity (Wildman–Crippen MR) is 68.8 cm³/mol. The van der Waals surface area contributed by atoms with Crippen LogP contribution in [0.4, 0.5) is 5.69 Å². The molecule has 0 saturated carbocycles. The Balaban J connectivity index is 2.09. The summed E-state index contributed by atoms with van der Waals surface area (Å²) in [6.07, 6.45) is 0.449. The van der Waals surface area contributed by atoms with Crippen LogP contribution >= 0.6 is 0 Å². The van der Waals surface area contributed by atoms with Gasteiger partial charge in [0.2, 0.25) is 5.91 Å². The number of rotatable bonds is 3. The Morgan fingerprint density at radius 2 is 2.05 bits per heavy atom. The molecule has 1 heterocycles. The third kappa shape index (κ3) is 3.19. The standard InChI is InChI=1S/C14H15NO4/c1-10(16)19-7-6-14(18)15-9-12(17)8-11-4-2-3-5-13(11)15/h2-5H,6-9H2,1H3. The Morgan fingerprint density at radius 1 is 1.32 bits per heavy atom. The lowest BCUT2D eigenvalue weighted by atomic mass is 10.0. The van der Waals surface area contributed by atoms with Crippen LogP contribution in [0.5, 0.6) is 0 Å². The molecule has 1 amide bonds. The number of para-hydroxylation sites is 1. The van der Waals surface area contributed by atoms with Gasteiger partial charge in [-0.05, 0) is 11.6 Å². The van der Waals surface area contributed by atoms with Crippen LogP contribution in [0.2, 0.25) is 0 Å². The van der Waals surface area contributed by atoms with Gasteiger partial charge in [0.05, 0.1) is 13.0 Å². The molecule has 0 fully saturated rings. The summed E-state index contributed by atoms with van der Waals surface area (Å²) < 4.78 is 4.75. The summed E-state index contributed by atoms with van der Waals surface area (Å²) in [5, 5.41) is 0. The number of ketones is 1. The zero-order chi connectivity index (χ0) is 13.8. The summed E-state index contributed by atoms with van der Waals surface area (Å²) in [4.78, 5) is 35.8. The van der Waals surface area contributed by atoms with E-state index in [1.165, 1.54) is 11.8 Å². The highest BCUT2D eigenvalue weighted by Gasteiger charge is 2.26. The highest BCUT2D eigenvalue weighted by Crippen LogP contribution is 2.25. The summed E-state index contributed by atoms with van der Waals surface area (Å²) in [7, 11) is 0. The van der Waals surface area contributed by atoms with E-state index in [9.17, 15) is 14.4 Å². The Bertz CT molecular complexity index is 524. The summed E-state index contributed by atoms with van der Waals surface area (Å²) in [6.45, 7) is 1.43. The number of anilines is 1. The first-order chi connectivity index (χ1) is 9.08. The van der Waals surface area contributed by atoms with Crippen molar-refractivity contribution in [2.45, 2.75) is 19.8 Å². The van der Waals surface area contributed by atoms with Crippen molar-refractivity contribution in [3.05, 3.63) is 29.8 Å². The van der Waals surface area contributed by atoms with Crippen LogP contribution < -0.4 is 4.90 Å². The average Bonchev–Trinajstić information content (AvgIpc) is 2.37. The van der Waals surface area contributed by atoms with Gasteiger partial charge in [-0.3, -0.25) is 14.4 Å². The lowest BCUT2D eigenvalue weighted by Crippen LogP contribution is -2.40. The van der Waals surface area contributed by atoms with E-state index in [0.29, 0.717) is 6.42 Å². The van der Waals surface area contributed by atoms with Gasteiger partial charge in [-0.1, -0.05) is 18.2 Å². The molecular weight excluding hydrogens is 246 g/mol. The second-order valence-corrected chi connectivity index (χ2v) is 4.41. The third-order valence-electron chi connectivity index (χ3n) is 2.93. The maximum atomic E-state index is 12.1. The fourth-order valence-electron chi connectivity index (χ4n) is 2.09. The van der Waals surface area contributed by atoms with Gasteiger partial charge in [0, 0.05) is 19.0 Å². The first kappa shape index (κ1) is 13.3. The smallest absolute Gasteiger partial charge is 0.302 e. The van der Waals surface area contributed by atoms with E-state index in [0.717, 1.165) is 11.3 Å². The zero-order valence-electron chi connectivity index (χ0n) is 10.7. The van der Waals surface area contributed by atoms with Crippen LogP contribution in [-0.2, 0) is 25.5 Å². The number of Topliss-reactive ketones (excluding diaryl/α,β-unsaturated/α-hetero) is 1. The van der Waals surface area contributed by atoms with Crippen molar-refractivity contribution >= 4 is 23.3 Å². The monoisotopic (exact) mass is 261 g/mol. The molecule has 100 valence electrons. The molecule has 0 saturated heterocycles. The van der Waals surface area contributed by atoms with Gasteiger partial charge in [-0.15, -0.1) is 0 Å². The molecule has 0 radical (unpaired) electrons. The topological polar surface area (TPSA) is 63.7 Å². The van der Waals surface area contributed by atoms with Crippen LogP contribution in [0, 0.1) is 0 Å². The molecule has 0 spiro atoms. The zero-order valence-corrected chi connectivity index (χ0v) is 10.7. The van der Waals surface area contributed by atoms with Gasteiger partial charge in [-0.25, -0.2) is 0 Å². The normalized spacial score (nSPS) is 13.9. The number of carbonyl (C=O) groups is 3. The molecular formula is C14H15NO4. The van der Waals surface area contributed by atoms with Crippen LogP contribution in [0.3, 0.4) is 0 Å². The summed E-state index contributed by atoms with van der Waals surface area (Å²) in [5.41, 5.74) is 1.63. The lowest BCUT2D eigenvalue weighted by molar-refractivity contribution is -0.141. The molecule has 0 atom stereocenters. The number of hydrogen-bond acceptors (Lipinski definition) is 4. The van der Waals surface area contributed by atoms with Gasteiger partial charge in [0.1, 0.15) is 6.61 Å². The Kier molecular flexibility index (Phi) is 3.94. The second-order valence-electron chi connectivity index (χ2n) is 4.41. The summed E-state index contributed by atoms with van der Waals surface area (Å²) in [6, 6.07) is 7.35. The van der Waals surface area contributed by atoms with Gasteiger partial charge < -0.3 is 9.64 Å². The molecule has 5 heteroatoms. The average molecular weight is 261 g/mol. The van der Waals surface area contributed by atoms with E-state index in [1.807, 2.05) is 24.3 Å².